The molecule has 2 heterocycles. The van der Waals surface area contributed by atoms with Crippen LogP contribution in [0.3, 0.4) is 0 Å². The summed E-state index contributed by atoms with van der Waals surface area (Å²) in [6, 6.07) is 17.1. The average molecular weight is 455 g/mol. The molecule has 2 atom stereocenters. The van der Waals surface area contributed by atoms with Gasteiger partial charge in [0.05, 0.1) is 11.5 Å². The van der Waals surface area contributed by atoms with Gasteiger partial charge in [-0.15, -0.1) is 0 Å². The van der Waals surface area contributed by atoms with E-state index >= 15 is 0 Å². The topological polar surface area (TPSA) is 34.0 Å². The largest absolute Gasteiger partial charge is 0.416 e. The first-order valence-electron chi connectivity index (χ1n) is 11.3. The second-order valence-corrected chi connectivity index (χ2v) is 9.79. The molecular weight excluding hydrogens is 425 g/mol. The van der Waals surface area contributed by atoms with Gasteiger partial charge in [0.2, 0.25) is 5.91 Å². The number of aryl methyl sites for hydroxylation is 1. The third-order valence-electron chi connectivity index (χ3n) is 6.45. The van der Waals surface area contributed by atoms with E-state index in [-0.39, 0.29) is 23.2 Å². The lowest BCUT2D eigenvalue weighted by atomic mass is 9.79. The summed E-state index contributed by atoms with van der Waals surface area (Å²) in [5.41, 5.74) is 3.04. The van der Waals surface area contributed by atoms with Crippen molar-refractivity contribution in [3.8, 4) is 0 Å². The zero-order valence-electron chi connectivity index (χ0n) is 19.1. The first-order chi connectivity index (χ1) is 15.5. The molecule has 174 valence electrons. The van der Waals surface area contributed by atoms with Crippen molar-refractivity contribution in [3.63, 3.8) is 0 Å². The van der Waals surface area contributed by atoms with Crippen LogP contribution in [-0.4, -0.2) is 10.5 Å². The molecule has 3 aromatic rings. The number of rotatable bonds is 3. The van der Waals surface area contributed by atoms with Gasteiger partial charge in [0.15, 0.2) is 0 Å². The van der Waals surface area contributed by atoms with Crippen LogP contribution in [0.1, 0.15) is 61.9 Å². The monoisotopic (exact) mass is 454 g/mol. The third kappa shape index (κ3) is 5.00. The number of hydrogen-bond acceptors (Lipinski definition) is 1. The molecule has 0 saturated heterocycles. The summed E-state index contributed by atoms with van der Waals surface area (Å²) in [6.07, 6.45) is -0.815. The number of amides is 1. The molecule has 2 unspecified atom stereocenters. The first-order valence-corrected chi connectivity index (χ1v) is 11.3. The summed E-state index contributed by atoms with van der Waals surface area (Å²) in [4.78, 5) is 13.4. The molecule has 1 aromatic heterocycles. The van der Waals surface area contributed by atoms with Gasteiger partial charge in [-0.05, 0) is 65.8 Å². The lowest BCUT2D eigenvalue weighted by molar-refractivity contribution is -0.137. The highest BCUT2D eigenvalue weighted by Crippen LogP contribution is 2.39. The number of nitrogens with one attached hydrogen (secondary N) is 1. The molecule has 1 aliphatic rings. The maximum absolute atomic E-state index is 13.4. The SMILES string of the molecule is CC(C)(C)c1ccc(C2c3cccn3CCCC2C(=O)Nc2ccc(C(F)(F)F)cc2)cc1. The number of carbonyl (C=O) groups is 1. The molecule has 0 fully saturated rings. The molecule has 33 heavy (non-hydrogen) atoms. The maximum atomic E-state index is 13.4. The number of fused-ring (bicyclic) bond motifs is 1. The van der Waals surface area contributed by atoms with E-state index in [4.69, 9.17) is 0 Å². The normalized spacial score (nSPS) is 19.0. The van der Waals surface area contributed by atoms with E-state index in [0.29, 0.717) is 12.1 Å². The van der Waals surface area contributed by atoms with Crippen molar-refractivity contribution in [1.29, 1.82) is 0 Å². The molecule has 0 aliphatic carbocycles. The van der Waals surface area contributed by atoms with Crippen molar-refractivity contribution in [2.75, 3.05) is 5.32 Å². The van der Waals surface area contributed by atoms with Crippen molar-refractivity contribution in [2.45, 2.75) is 57.7 Å². The van der Waals surface area contributed by atoms with E-state index in [2.05, 4.69) is 61.0 Å². The highest BCUT2D eigenvalue weighted by atomic mass is 19.4. The van der Waals surface area contributed by atoms with Gasteiger partial charge in [0.1, 0.15) is 0 Å². The van der Waals surface area contributed by atoms with Crippen molar-refractivity contribution in [3.05, 3.63) is 89.2 Å². The van der Waals surface area contributed by atoms with Crippen molar-refractivity contribution >= 4 is 11.6 Å². The fourth-order valence-corrected chi connectivity index (χ4v) is 4.62. The van der Waals surface area contributed by atoms with Gasteiger partial charge in [0, 0.05) is 30.0 Å². The Hall–Kier alpha value is -3.02. The summed E-state index contributed by atoms with van der Waals surface area (Å²) in [5, 5.41) is 2.86. The molecule has 2 aromatic carbocycles. The molecule has 0 saturated carbocycles. The Morgan fingerprint density at radius 3 is 2.18 bits per heavy atom. The molecule has 0 bridgehead atoms. The Morgan fingerprint density at radius 2 is 1.58 bits per heavy atom. The number of aromatic nitrogens is 1. The highest BCUT2D eigenvalue weighted by Gasteiger charge is 2.35. The third-order valence-corrected chi connectivity index (χ3v) is 6.45. The van der Waals surface area contributed by atoms with Crippen molar-refractivity contribution < 1.29 is 18.0 Å². The molecule has 1 N–H and O–H groups in total. The number of nitrogens with zero attached hydrogens (tertiary/aromatic N) is 1. The Kier molecular flexibility index (Phi) is 6.12. The van der Waals surface area contributed by atoms with Crippen LogP contribution in [-0.2, 0) is 22.9 Å². The molecular formula is C27H29F3N2O. The van der Waals surface area contributed by atoms with E-state index in [1.54, 1.807) is 0 Å². The van der Waals surface area contributed by atoms with Crippen molar-refractivity contribution in [2.24, 2.45) is 5.92 Å². The maximum Gasteiger partial charge on any atom is 0.416 e. The Bertz CT molecular complexity index is 1110. The number of halogens is 3. The predicted molar refractivity (Wildman–Crippen MR) is 124 cm³/mol. The fourth-order valence-electron chi connectivity index (χ4n) is 4.62. The van der Waals surface area contributed by atoms with Gasteiger partial charge in [-0.25, -0.2) is 0 Å². The summed E-state index contributed by atoms with van der Waals surface area (Å²) in [7, 11) is 0. The summed E-state index contributed by atoms with van der Waals surface area (Å²) >= 11 is 0. The number of hydrogen-bond donors (Lipinski definition) is 1. The van der Waals surface area contributed by atoms with Crippen LogP contribution >= 0.6 is 0 Å². The molecule has 1 aliphatic heterocycles. The molecule has 4 rings (SSSR count). The molecule has 1 amide bonds. The van der Waals surface area contributed by atoms with Gasteiger partial charge < -0.3 is 9.88 Å². The highest BCUT2D eigenvalue weighted by molar-refractivity contribution is 5.93. The van der Waals surface area contributed by atoms with E-state index in [9.17, 15) is 18.0 Å². The summed E-state index contributed by atoms with van der Waals surface area (Å²) in [5.74, 6) is -0.635. The molecule has 0 spiro atoms. The summed E-state index contributed by atoms with van der Waals surface area (Å²) in [6.45, 7) is 7.33. The van der Waals surface area contributed by atoms with Gasteiger partial charge in [-0.1, -0.05) is 45.0 Å². The lowest BCUT2D eigenvalue weighted by Gasteiger charge is -2.27. The number of benzene rings is 2. The molecule has 0 radical (unpaired) electrons. The zero-order valence-corrected chi connectivity index (χ0v) is 19.1. The van der Waals surface area contributed by atoms with Gasteiger partial charge in [-0.3, -0.25) is 4.79 Å². The van der Waals surface area contributed by atoms with Gasteiger partial charge >= 0.3 is 6.18 Å². The molecule has 6 heteroatoms. The Labute approximate surface area is 192 Å². The Morgan fingerprint density at radius 1 is 0.939 bits per heavy atom. The smallest absolute Gasteiger partial charge is 0.351 e. The average Bonchev–Trinajstić information content (AvgIpc) is 3.12. The minimum Gasteiger partial charge on any atom is -0.351 e. The van der Waals surface area contributed by atoms with Crippen LogP contribution in [0.25, 0.3) is 0 Å². The van der Waals surface area contributed by atoms with Crippen LogP contribution in [0.2, 0.25) is 0 Å². The predicted octanol–water partition coefficient (Wildman–Crippen LogP) is 6.99. The minimum absolute atomic E-state index is 0.0293. The van der Waals surface area contributed by atoms with Gasteiger partial charge in [-0.2, -0.15) is 13.2 Å². The number of carbonyl (C=O) groups excluding carboxylic acids is 1. The quantitative estimate of drug-likeness (QED) is 0.455. The second kappa shape index (κ2) is 8.73. The van der Waals surface area contributed by atoms with Crippen molar-refractivity contribution in [1.82, 2.24) is 4.57 Å². The zero-order chi connectivity index (χ0) is 23.8. The van der Waals surface area contributed by atoms with E-state index in [0.717, 1.165) is 36.4 Å². The van der Waals surface area contributed by atoms with E-state index < -0.39 is 11.7 Å². The minimum atomic E-state index is -4.40. The molecule has 3 nitrogen and oxygen atoms in total. The second-order valence-electron chi connectivity index (χ2n) is 9.79. The number of alkyl halides is 3. The van der Waals surface area contributed by atoms with E-state index in [1.807, 2.05) is 12.3 Å². The fraction of sp³-hybridized carbons (Fsp3) is 0.370. The van der Waals surface area contributed by atoms with Crippen LogP contribution in [0.4, 0.5) is 18.9 Å². The Balaban J connectivity index is 1.64. The van der Waals surface area contributed by atoms with Crippen LogP contribution in [0.15, 0.2) is 66.9 Å². The van der Waals surface area contributed by atoms with Crippen LogP contribution in [0, 0.1) is 5.92 Å². The number of anilines is 1. The summed E-state index contributed by atoms with van der Waals surface area (Å²) < 4.78 is 40.8. The van der Waals surface area contributed by atoms with Crippen LogP contribution in [0.5, 0.6) is 0 Å². The first kappa shape index (κ1) is 23.1. The van der Waals surface area contributed by atoms with E-state index in [1.165, 1.54) is 17.7 Å². The standard InChI is InChI=1S/C27H29F3N2O/c1-26(2,3)19-10-8-18(9-11-19)24-22(6-4-16-32-17-5-7-23(24)32)25(33)31-21-14-12-20(13-15-21)27(28,29)30/h5,7-15,17,22,24H,4,6,16H2,1-3H3,(H,31,33). The van der Waals surface area contributed by atoms with Gasteiger partial charge in [0.25, 0.3) is 0 Å². The lowest BCUT2D eigenvalue weighted by Crippen LogP contribution is -2.29. The van der Waals surface area contributed by atoms with Crippen LogP contribution < -0.4 is 5.32 Å².